The van der Waals surface area contributed by atoms with Crippen LogP contribution < -0.4 is 10.6 Å². The number of fused-ring (bicyclic) bond motifs is 2. The fourth-order valence-corrected chi connectivity index (χ4v) is 4.44. The standard InChI is InChI=1S/C20H18ClN3O2S/c21-13-5-6-17-16(9-13)24-20(26)18(27-17)10-19(25)22-8-7-12-11-23-15-4-2-1-3-14(12)15/h1-6,9,11,18,23H,7-8,10H2,(H,22,25)(H,24,26). The SMILES string of the molecule is O=C(CC1Sc2ccc(Cl)cc2NC1=O)NCCc1c[nH]c2ccccc12. The average Bonchev–Trinajstić information content (AvgIpc) is 3.06. The first-order valence-corrected chi connectivity index (χ1v) is 9.94. The molecule has 1 aliphatic heterocycles. The van der Waals surface area contributed by atoms with Crippen LogP contribution in [0.1, 0.15) is 12.0 Å². The van der Waals surface area contributed by atoms with E-state index in [1.165, 1.54) is 22.7 Å². The number of nitrogens with one attached hydrogen (secondary N) is 3. The third-order valence-electron chi connectivity index (χ3n) is 4.52. The van der Waals surface area contributed by atoms with E-state index in [0.717, 1.165) is 16.8 Å². The molecule has 0 fully saturated rings. The molecule has 1 aromatic heterocycles. The lowest BCUT2D eigenvalue weighted by atomic mass is 10.1. The summed E-state index contributed by atoms with van der Waals surface area (Å²) in [5.74, 6) is -0.290. The first-order valence-electron chi connectivity index (χ1n) is 8.69. The Morgan fingerprint density at radius 3 is 2.96 bits per heavy atom. The van der Waals surface area contributed by atoms with E-state index in [1.54, 1.807) is 12.1 Å². The third kappa shape index (κ3) is 3.96. The van der Waals surface area contributed by atoms with Gasteiger partial charge >= 0.3 is 0 Å². The van der Waals surface area contributed by atoms with Crippen LogP contribution in [0.2, 0.25) is 5.02 Å². The largest absolute Gasteiger partial charge is 0.361 e. The Morgan fingerprint density at radius 1 is 1.22 bits per heavy atom. The summed E-state index contributed by atoms with van der Waals surface area (Å²) in [6, 6.07) is 13.5. The molecule has 1 unspecified atom stereocenters. The molecule has 0 saturated carbocycles. The summed E-state index contributed by atoms with van der Waals surface area (Å²) in [4.78, 5) is 28.7. The maximum absolute atomic E-state index is 12.3. The lowest BCUT2D eigenvalue weighted by Gasteiger charge is -2.23. The number of aromatic nitrogens is 1. The van der Waals surface area contributed by atoms with Crippen molar-refractivity contribution in [1.82, 2.24) is 10.3 Å². The number of anilines is 1. The van der Waals surface area contributed by atoms with E-state index in [0.29, 0.717) is 17.3 Å². The van der Waals surface area contributed by atoms with Crippen molar-refractivity contribution < 1.29 is 9.59 Å². The van der Waals surface area contributed by atoms with Crippen molar-refractivity contribution in [3.63, 3.8) is 0 Å². The number of aromatic amines is 1. The van der Waals surface area contributed by atoms with Gasteiger partial charge in [0.15, 0.2) is 0 Å². The minimum absolute atomic E-state index is 0.125. The number of hydrogen-bond acceptors (Lipinski definition) is 3. The van der Waals surface area contributed by atoms with Crippen molar-refractivity contribution in [2.24, 2.45) is 0 Å². The van der Waals surface area contributed by atoms with Gasteiger partial charge in [0.1, 0.15) is 0 Å². The number of thioether (sulfide) groups is 1. The van der Waals surface area contributed by atoms with Crippen LogP contribution in [0.25, 0.3) is 10.9 Å². The highest BCUT2D eigenvalue weighted by molar-refractivity contribution is 8.01. The number of amides is 2. The van der Waals surface area contributed by atoms with E-state index in [1.807, 2.05) is 30.5 Å². The summed E-state index contributed by atoms with van der Waals surface area (Å²) in [6.07, 6.45) is 2.86. The summed E-state index contributed by atoms with van der Waals surface area (Å²) in [6.45, 7) is 0.534. The molecule has 0 saturated heterocycles. The highest BCUT2D eigenvalue weighted by Crippen LogP contribution is 2.38. The Hall–Kier alpha value is -2.44. The third-order valence-corrected chi connectivity index (χ3v) is 6.03. The fourth-order valence-electron chi connectivity index (χ4n) is 3.17. The van der Waals surface area contributed by atoms with Gasteiger partial charge < -0.3 is 15.6 Å². The minimum atomic E-state index is -0.438. The number of halogens is 1. The molecule has 27 heavy (non-hydrogen) atoms. The monoisotopic (exact) mass is 399 g/mol. The van der Waals surface area contributed by atoms with E-state index >= 15 is 0 Å². The van der Waals surface area contributed by atoms with Gasteiger partial charge in [-0.15, -0.1) is 11.8 Å². The highest BCUT2D eigenvalue weighted by Gasteiger charge is 2.29. The Labute approximate surface area is 165 Å². The molecule has 1 atom stereocenters. The molecule has 5 nitrogen and oxygen atoms in total. The smallest absolute Gasteiger partial charge is 0.238 e. The van der Waals surface area contributed by atoms with Gasteiger partial charge in [0.2, 0.25) is 11.8 Å². The molecule has 2 amide bonds. The Kier molecular flexibility index (Phi) is 5.09. The number of H-pyrrole nitrogens is 1. The average molecular weight is 400 g/mol. The lowest BCUT2D eigenvalue weighted by molar-refractivity contribution is -0.124. The van der Waals surface area contributed by atoms with Crippen LogP contribution >= 0.6 is 23.4 Å². The second-order valence-corrected chi connectivity index (χ2v) is 8.08. The second kappa shape index (κ2) is 7.66. The van der Waals surface area contributed by atoms with Gasteiger partial charge in [-0.25, -0.2) is 0 Å². The van der Waals surface area contributed by atoms with Crippen LogP contribution in [0.15, 0.2) is 53.6 Å². The van der Waals surface area contributed by atoms with Crippen LogP contribution in [0.4, 0.5) is 5.69 Å². The van der Waals surface area contributed by atoms with E-state index in [-0.39, 0.29) is 18.2 Å². The predicted molar refractivity (Wildman–Crippen MR) is 109 cm³/mol. The van der Waals surface area contributed by atoms with Gasteiger partial charge in [0, 0.05) is 40.0 Å². The zero-order valence-electron chi connectivity index (χ0n) is 14.4. The number of rotatable bonds is 5. The van der Waals surface area contributed by atoms with Crippen LogP contribution in [0, 0.1) is 0 Å². The predicted octanol–water partition coefficient (Wildman–Crippen LogP) is 3.98. The number of para-hydroxylation sites is 1. The molecule has 0 radical (unpaired) electrons. The molecule has 7 heteroatoms. The number of carbonyl (C=O) groups excluding carboxylic acids is 2. The molecule has 4 rings (SSSR count). The van der Waals surface area contributed by atoms with Gasteiger partial charge in [-0.3, -0.25) is 9.59 Å². The van der Waals surface area contributed by atoms with E-state index in [4.69, 9.17) is 11.6 Å². The van der Waals surface area contributed by atoms with Crippen molar-refractivity contribution >= 4 is 51.8 Å². The molecule has 2 heterocycles. The molecule has 0 spiro atoms. The summed E-state index contributed by atoms with van der Waals surface area (Å²) in [5.41, 5.74) is 2.96. The first kappa shape index (κ1) is 17.9. The van der Waals surface area contributed by atoms with Gasteiger partial charge in [0.25, 0.3) is 0 Å². The number of benzene rings is 2. The van der Waals surface area contributed by atoms with Crippen molar-refractivity contribution in [1.29, 1.82) is 0 Å². The summed E-state index contributed by atoms with van der Waals surface area (Å²) < 4.78 is 0. The van der Waals surface area contributed by atoms with Crippen LogP contribution in [-0.2, 0) is 16.0 Å². The van der Waals surface area contributed by atoms with Crippen LogP contribution in [0.3, 0.4) is 0 Å². The Balaban J connectivity index is 1.32. The van der Waals surface area contributed by atoms with E-state index in [9.17, 15) is 9.59 Å². The van der Waals surface area contributed by atoms with Crippen molar-refractivity contribution in [3.8, 4) is 0 Å². The zero-order valence-corrected chi connectivity index (χ0v) is 16.0. The second-order valence-electron chi connectivity index (χ2n) is 6.40. The molecule has 3 aromatic rings. The number of hydrogen-bond donors (Lipinski definition) is 3. The van der Waals surface area contributed by atoms with Gasteiger partial charge in [0.05, 0.1) is 10.9 Å². The first-order chi connectivity index (χ1) is 13.1. The molecule has 0 aliphatic carbocycles. The normalized spacial score (nSPS) is 16.0. The van der Waals surface area contributed by atoms with Crippen LogP contribution in [0.5, 0.6) is 0 Å². The summed E-state index contributed by atoms with van der Waals surface area (Å²) in [7, 11) is 0. The quantitative estimate of drug-likeness (QED) is 0.607. The van der Waals surface area contributed by atoms with Gasteiger partial charge in [-0.2, -0.15) is 0 Å². The van der Waals surface area contributed by atoms with E-state index < -0.39 is 5.25 Å². The van der Waals surface area contributed by atoms with Crippen molar-refractivity contribution in [2.75, 3.05) is 11.9 Å². The topological polar surface area (TPSA) is 74.0 Å². The maximum atomic E-state index is 12.3. The van der Waals surface area contributed by atoms with Crippen molar-refractivity contribution in [2.45, 2.75) is 23.0 Å². The maximum Gasteiger partial charge on any atom is 0.238 e. The van der Waals surface area contributed by atoms with Gasteiger partial charge in [-0.05, 0) is 36.2 Å². The summed E-state index contributed by atoms with van der Waals surface area (Å²) in [5, 5.41) is 7.05. The molecule has 138 valence electrons. The summed E-state index contributed by atoms with van der Waals surface area (Å²) >= 11 is 7.35. The molecule has 3 N–H and O–H groups in total. The Morgan fingerprint density at radius 2 is 2.07 bits per heavy atom. The molecule has 2 aromatic carbocycles. The molecule has 1 aliphatic rings. The van der Waals surface area contributed by atoms with Crippen molar-refractivity contribution in [3.05, 3.63) is 59.2 Å². The van der Waals surface area contributed by atoms with Crippen LogP contribution in [-0.4, -0.2) is 28.6 Å². The highest BCUT2D eigenvalue weighted by atomic mass is 35.5. The lowest BCUT2D eigenvalue weighted by Crippen LogP contribution is -2.35. The number of carbonyl (C=O) groups is 2. The molecular formula is C20H18ClN3O2S. The molecule has 0 bridgehead atoms. The Bertz CT molecular complexity index is 1020. The van der Waals surface area contributed by atoms with E-state index in [2.05, 4.69) is 21.7 Å². The molecular weight excluding hydrogens is 382 g/mol. The minimum Gasteiger partial charge on any atom is -0.361 e. The fraction of sp³-hybridized carbons (Fsp3) is 0.200. The van der Waals surface area contributed by atoms with Gasteiger partial charge in [-0.1, -0.05) is 29.8 Å². The zero-order chi connectivity index (χ0) is 18.8.